The highest BCUT2D eigenvalue weighted by atomic mass is 32.2. The number of carbonyl (C=O) groups is 1. The average Bonchev–Trinajstić information content (AvgIpc) is 3.07. The molecule has 1 aromatic carbocycles. The van der Waals surface area contributed by atoms with Gasteiger partial charge in [-0.25, -0.2) is 13.2 Å². The number of carbonyl (C=O) groups excluding carboxylic acids is 1. The Bertz CT molecular complexity index is 710. The van der Waals surface area contributed by atoms with Crippen LogP contribution >= 0.6 is 0 Å². The van der Waals surface area contributed by atoms with Crippen molar-refractivity contribution in [1.29, 1.82) is 0 Å². The lowest BCUT2D eigenvalue weighted by Crippen LogP contribution is -2.35. The Balaban J connectivity index is 2.17. The molecular weight excluding hydrogens is 354 g/mol. The van der Waals surface area contributed by atoms with E-state index in [4.69, 9.17) is 11.0 Å². The SMILES string of the molecule is CS(=O)(=O)CCCCC1(c2ccccc2CC(N)C(=O)OO)CCCC1. The van der Waals surface area contributed by atoms with Crippen LogP contribution in [0.15, 0.2) is 24.3 Å². The lowest BCUT2D eigenvalue weighted by Gasteiger charge is -2.32. The minimum absolute atomic E-state index is 0.0108. The highest BCUT2D eigenvalue weighted by molar-refractivity contribution is 7.90. The lowest BCUT2D eigenvalue weighted by atomic mass is 9.72. The average molecular weight is 384 g/mol. The number of rotatable bonds is 9. The molecule has 0 saturated heterocycles. The van der Waals surface area contributed by atoms with Crippen LogP contribution in [0.3, 0.4) is 0 Å². The summed E-state index contributed by atoms with van der Waals surface area (Å²) in [6.45, 7) is 0. The predicted molar refractivity (Wildman–Crippen MR) is 101 cm³/mol. The van der Waals surface area contributed by atoms with E-state index in [1.54, 1.807) is 0 Å². The molecule has 1 fully saturated rings. The van der Waals surface area contributed by atoms with E-state index in [0.717, 1.165) is 44.1 Å². The zero-order valence-electron chi connectivity index (χ0n) is 15.3. The van der Waals surface area contributed by atoms with Gasteiger partial charge in [0, 0.05) is 12.0 Å². The Morgan fingerprint density at radius 1 is 1.27 bits per heavy atom. The van der Waals surface area contributed by atoms with Crippen molar-refractivity contribution in [3.63, 3.8) is 0 Å². The van der Waals surface area contributed by atoms with Gasteiger partial charge in [-0.15, -0.1) is 0 Å². The second kappa shape index (κ2) is 8.97. The first-order valence-corrected chi connectivity index (χ1v) is 11.2. The Labute approximate surface area is 155 Å². The van der Waals surface area contributed by atoms with E-state index in [1.807, 2.05) is 18.2 Å². The van der Waals surface area contributed by atoms with Gasteiger partial charge in [0.2, 0.25) is 0 Å². The lowest BCUT2D eigenvalue weighted by molar-refractivity contribution is -0.235. The van der Waals surface area contributed by atoms with Crippen LogP contribution in [0.1, 0.15) is 56.1 Å². The van der Waals surface area contributed by atoms with Crippen LogP contribution in [-0.2, 0) is 31.4 Å². The molecule has 0 radical (unpaired) electrons. The molecule has 0 heterocycles. The Morgan fingerprint density at radius 2 is 1.92 bits per heavy atom. The topological polar surface area (TPSA) is 107 Å². The van der Waals surface area contributed by atoms with Crippen LogP contribution in [0.5, 0.6) is 0 Å². The van der Waals surface area contributed by atoms with Gasteiger partial charge in [0.1, 0.15) is 15.9 Å². The Hall–Kier alpha value is -1.44. The minimum Gasteiger partial charge on any atom is -0.318 e. The van der Waals surface area contributed by atoms with E-state index in [9.17, 15) is 13.2 Å². The summed E-state index contributed by atoms with van der Waals surface area (Å²) in [6.07, 6.45) is 8.43. The van der Waals surface area contributed by atoms with Crippen molar-refractivity contribution < 1.29 is 23.4 Å². The molecule has 0 aliphatic heterocycles. The molecule has 1 unspecified atom stereocenters. The fourth-order valence-corrected chi connectivity index (χ4v) is 4.87. The summed E-state index contributed by atoms with van der Waals surface area (Å²) in [7, 11) is -2.93. The number of unbranched alkanes of at least 4 members (excludes halogenated alkanes) is 1. The van der Waals surface area contributed by atoms with Gasteiger partial charge in [0.15, 0.2) is 0 Å². The van der Waals surface area contributed by atoms with Crippen LogP contribution in [0, 0.1) is 0 Å². The molecular formula is C19H29NO5S. The largest absolute Gasteiger partial charge is 0.358 e. The first-order valence-electron chi connectivity index (χ1n) is 9.14. The molecule has 1 aromatic rings. The second-order valence-electron chi connectivity index (χ2n) is 7.45. The van der Waals surface area contributed by atoms with E-state index in [-0.39, 0.29) is 11.2 Å². The van der Waals surface area contributed by atoms with Crippen molar-refractivity contribution in [3.8, 4) is 0 Å². The standard InChI is InChI=1S/C19H29NO5S/c1-26(23,24)13-7-6-12-19(10-4-5-11-19)16-9-3-2-8-15(16)14-17(20)18(21)25-22/h2-3,8-9,17,22H,4-7,10-14,20H2,1H3. The molecule has 0 amide bonds. The van der Waals surface area contributed by atoms with Gasteiger partial charge in [-0.3, -0.25) is 4.89 Å². The Kier molecular flexibility index (Phi) is 7.20. The summed E-state index contributed by atoms with van der Waals surface area (Å²) < 4.78 is 22.7. The molecule has 1 atom stereocenters. The summed E-state index contributed by atoms with van der Waals surface area (Å²) in [5.41, 5.74) is 8.04. The molecule has 6 nitrogen and oxygen atoms in total. The van der Waals surface area contributed by atoms with Crippen LogP contribution in [0.2, 0.25) is 0 Å². The third kappa shape index (κ3) is 5.53. The zero-order valence-corrected chi connectivity index (χ0v) is 16.1. The fraction of sp³-hybridized carbons (Fsp3) is 0.632. The monoisotopic (exact) mass is 383 g/mol. The number of hydrogen-bond acceptors (Lipinski definition) is 6. The van der Waals surface area contributed by atoms with Gasteiger partial charge in [-0.05, 0) is 48.6 Å². The summed E-state index contributed by atoms with van der Waals surface area (Å²) in [5, 5.41) is 8.55. The highest BCUT2D eigenvalue weighted by Crippen LogP contribution is 2.46. The van der Waals surface area contributed by atoms with Gasteiger partial charge in [-0.2, -0.15) is 5.26 Å². The van der Waals surface area contributed by atoms with Crippen LogP contribution < -0.4 is 5.73 Å². The maximum Gasteiger partial charge on any atom is 0.358 e. The third-order valence-electron chi connectivity index (χ3n) is 5.40. The molecule has 0 aromatic heterocycles. The summed E-state index contributed by atoms with van der Waals surface area (Å²) in [6, 6.07) is 7.06. The molecule has 1 aliphatic carbocycles. The van der Waals surface area contributed by atoms with Crippen LogP contribution in [0.4, 0.5) is 0 Å². The number of hydrogen-bond donors (Lipinski definition) is 2. The number of benzene rings is 1. The van der Waals surface area contributed by atoms with Gasteiger partial charge in [0.05, 0.1) is 0 Å². The molecule has 3 N–H and O–H groups in total. The molecule has 0 spiro atoms. The van der Waals surface area contributed by atoms with Crippen molar-refractivity contribution in [2.45, 2.75) is 62.8 Å². The molecule has 26 heavy (non-hydrogen) atoms. The van der Waals surface area contributed by atoms with Crippen molar-refractivity contribution in [1.82, 2.24) is 0 Å². The van der Waals surface area contributed by atoms with E-state index >= 15 is 0 Å². The van der Waals surface area contributed by atoms with Gasteiger partial charge >= 0.3 is 5.97 Å². The van der Waals surface area contributed by atoms with Crippen molar-refractivity contribution in [3.05, 3.63) is 35.4 Å². The zero-order chi connectivity index (χ0) is 19.2. The smallest absolute Gasteiger partial charge is 0.318 e. The molecule has 1 aliphatic rings. The molecule has 2 rings (SSSR count). The summed E-state index contributed by atoms with van der Waals surface area (Å²) in [4.78, 5) is 15.2. The van der Waals surface area contributed by atoms with E-state index in [2.05, 4.69) is 11.0 Å². The molecule has 146 valence electrons. The summed E-state index contributed by atoms with van der Waals surface area (Å²) >= 11 is 0. The van der Waals surface area contributed by atoms with Gasteiger partial charge < -0.3 is 5.73 Å². The maximum atomic E-state index is 11.5. The quantitative estimate of drug-likeness (QED) is 0.386. The molecule has 1 saturated carbocycles. The van der Waals surface area contributed by atoms with Gasteiger partial charge in [0.25, 0.3) is 0 Å². The number of sulfone groups is 1. The van der Waals surface area contributed by atoms with Crippen molar-refractivity contribution in [2.75, 3.05) is 12.0 Å². The first kappa shape index (κ1) is 20.9. The van der Waals surface area contributed by atoms with Crippen molar-refractivity contribution in [2.24, 2.45) is 5.73 Å². The van der Waals surface area contributed by atoms with E-state index in [0.29, 0.717) is 12.8 Å². The molecule has 0 bridgehead atoms. The van der Waals surface area contributed by atoms with Gasteiger partial charge in [-0.1, -0.05) is 43.5 Å². The maximum absolute atomic E-state index is 11.5. The molecule has 7 heteroatoms. The fourth-order valence-electron chi connectivity index (χ4n) is 4.14. The normalized spacial score (nSPS) is 17.8. The third-order valence-corrected chi connectivity index (χ3v) is 6.43. The summed E-state index contributed by atoms with van der Waals surface area (Å²) in [5.74, 6) is -0.619. The van der Waals surface area contributed by atoms with E-state index in [1.165, 1.54) is 11.8 Å². The predicted octanol–water partition coefficient (Wildman–Crippen LogP) is 2.60. The first-order chi connectivity index (χ1) is 12.3. The minimum atomic E-state index is -2.93. The number of nitrogens with two attached hydrogens (primary N) is 1. The van der Waals surface area contributed by atoms with Crippen molar-refractivity contribution >= 4 is 15.8 Å². The van der Waals surface area contributed by atoms with E-state index < -0.39 is 21.8 Å². The van der Waals surface area contributed by atoms with Crippen LogP contribution in [0.25, 0.3) is 0 Å². The second-order valence-corrected chi connectivity index (χ2v) is 9.71. The Morgan fingerprint density at radius 3 is 2.54 bits per heavy atom. The van der Waals surface area contributed by atoms with Crippen LogP contribution in [-0.4, -0.2) is 37.7 Å². The highest BCUT2D eigenvalue weighted by Gasteiger charge is 2.36.